The molecule has 7 nitrogen and oxygen atoms in total. The van der Waals surface area contributed by atoms with E-state index in [4.69, 9.17) is 21.1 Å². The maximum absolute atomic E-state index is 12.9. The van der Waals surface area contributed by atoms with Crippen LogP contribution < -0.4 is 14.8 Å². The minimum atomic E-state index is -0.351. The lowest BCUT2D eigenvalue weighted by molar-refractivity contribution is -0.123. The van der Waals surface area contributed by atoms with Crippen LogP contribution in [0.5, 0.6) is 11.5 Å². The molecule has 0 saturated carbocycles. The molecule has 1 fully saturated rings. The normalized spacial score (nSPS) is 14.3. The van der Waals surface area contributed by atoms with Crippen LogP contribution in [-0.4, -0.2) is 35.2 Å². The highest BCUT2D eigenvalue weighted by Crippen LogP contribution is 2.35. The maximum Gasteiger partial charge on any atom is 0.293 e. The maximum atomic E-state index is 12.9. The van der Waals surface area contributed by atoms with Gasteiger partial charge in [0, 0.05) is 10.7 Å². The van der Waals surface area contributed by atoms with Crippen molar-refractivity contribution in [1.29, 1.82) is 0 Å². The van der Waals surface area contributed by atoms with Gasteiger partial charge in [-0.3, -0.25) is 19.3 Å². The van der Waals surface area contributed by atoms with Crippen molar-refractivity contribution in [2.24, 2.45) is 0 Å². The molecule has 0 bridgehead atoms. The van der Waals surface area contributed by atoms with Gasteiger partial charge in [-0.1, -0.05) is 54.1 Å². The van der Waals surface area contributed by atoms with E-state index in [1.165, 1.54) is 4.90 Å². The van der Waals surface area contributed by atoms with Crippen molar-refractivity contribution >= 4 is 52.2 Å². The average Bonchev–Trinajstić information content (AvgIpc) is 3.11. The lowest BCUT2D eigenvalue weighted by Crippen LogP contribution is -2.27. The molecule has 0 unspecified atom stereocenters. The molecule has 9 heteroatoms. The lowest BCUT2D eigenvalue weighted by atomic mass is 10.1. The Kier molecular flexibility index (Phi) is 8.30. The van der Waals surface area contributed by atoms with Crippen LogP contribution in [0.3, 0.4) is 0 Å². The first-order valence-corrected chi connectivity index (χ1v) is 12.4. The van der Waals surface area contributed by atoms with Gasteiger partial charge in [0.15, 0.2) is 18.1 Å². The Morgan fingerprint density at radius 2 is 1.81 bits per heavy atom. The molecule has 0 aromatic heterocycles. The van der Waals surface area contributed by atoms with Crippen molar-refractivity contribution in [3.63, 3.8) is 0 Å². The number of rotatable bonds is 9. The van der Waals surface area contributed by atoms with Crippen LogP contribution in [0.25, 0.3) is 6.08 Å². The molecular formula is C27H23ClN2O5S. The SMILES string of the molecule is CCOc1cc(/C=C2\SC(=O)N(Cc3ccccc3)C2=O)ccc1OCC(=O)Nc1cccc(Cl)c1. The number of ether oxygens (including phenoxy) is 2. The van der Waals surface area contributed by atoms with Gasteiger partial charge in [-0.05, 0) is 66.2 Å². The van der Waals surface area contributed by atoms with Gasteiger partial charge in [-0.2, -0.15) is 0 Å². The number of thioether (sulfide) groups is 1. The zero-order valence-electron chi connectivity index (χ0n) is 19.4. The van der Waals surface area contributed by atoms with Crippen molar-refractivity contribution in [3.8, 4) is 11.5 Å². The number of nitrogens with one attached hydrogen (secondary N) is 1. The van der Waals surface area contributed by atoms with Crippen LogP contribution in [-0.2, 0) is 16.1 Å². The van der Waals surface area contributed by atoms with E-state index in [9.17, 15) is 14.4 Å². The summed E-state index contributed by atoms with van der Waals surface area (Å²) in [5, 5.41) is 2.92. The summed E-state index contributed by atoms with van der Waals surface area (Å²) in [6.45, 7) is 2.20. The Morgan fingerprint density at radius 3 is 2.56 bits per heavy atom. The minimum Gasteiger partial charge on any atom is -0.490 e. The predicted molar refractivity (Wildman–Crippen MR) is 141 cm³/mol. The number of amides is 3. The fourth-order valence-corrected chi connectivity index (χ4v) is 4.49. The quantitative estimate of drug-likeness (QED) is 0.347. The first-order chi connectivity index (χ1) is 17.4. The lowest BCUT2D eigenvalue weighted by Gasteiger charge is -2.13. The Hall–Kier alpha value is -3.75. The number of hydrogen-bond acceptors (Lipinski definition) is 6. The van der Waals surface area contributed by atoms with Gasteiger partial charge in [0.1, 0.15) is 0 Å². The molecular weight excluding hydrogens is 500 g/mol. The summed E-state index contributed by atoms with van der Waals surface area (Å²) in [6, 6.07) is 21.3. The number of hydrogen-bond donors (Lipinski definition) is 1. The Balaban J connectivity index is 1.44. The monoisotopic (exact) mass is 522 g/mol. The predicted octanol–water partition coefficient (Wildman–Crippen LogP) is 5.99. The molecule has 4 rings (SSSR count). The molecule has 3 aromatic carbocycles. The smallest absolute Gasteiger partial charge is 0.293 e. The Bertz CT molecular complexity index is 1310. The zero-order valence-corrected chi connectivity index (χ0v) is 21.0. The number of carbonyl (C=O) groups is 3. The van der Waals surface area contributed by atoms with E-state index < -0.39 is 0 Å². The standard InChI is InChI=1S/C27H23ClN2O5S/c1-2-34-23-13-19(11-12-22(23)35-17-25(31)29-21-10-6-9-20(28)15-21)14-24-26(32)30(27(33)36-24)16-18-7-4-3-5-8-18/h3-15H,2,16-17H2,1H3,(H,29,31)/b24-14-. The van der Waals surface area contributed by atoms with Gasteiger partial charge in [-0.25, -0.2) is 0 Å². The second kappa shape index (κ2) is 11.8. The van der Waals surface area contributed by atoms with Crippen LogP contribution in [0.4, 0.5) is 10.5 Å². The van der Waals surface area contributed by atoms with E-state index in [0.717, 1.165) is 17.3 Å². The third kappa shape index (κ3) is 6.47. The second-order valence-electron chi connectivity index (χ2n) is 7.74. The summed E-state index contributed by atoms with van der Waals surface area (Å²) < 4.78 is 11.4. The van der Waals surface area contributed by atoms with Gasteiger partial charge < -0.3 is 14.8 Å². The molecule has 1 saturated heterocycles. The fourth-order valence-electron chi connectivity index (χ4n) is 3.46. The molecule has 1 heterocycles. The second-order valence-corrected chi connectivity index (χ2v) is 9.17. The molecule has 0 aliphatic carbocycles. The number of carbonyl (C=O) groups excluding carboxylic acids is 3. The molecule has 1 aliphatic rings. The molecule has 0 spiro atoms. The van der Waals surface area contributed by atoms with Gasteiger partial charge in [0.2, 0.25) is 0 Å². The topological polar surface area (TPSA) is 84.9 Å². The summed E-state index contributed by atoms with van der Waals surface area (Å²) in [4.78, 5) is 39.1. The van der Waals surface area contributed by atoms with Crippen molar-refractivity contribution in [3.05, 3.63) is 93.9 Å². The van der Waals surface area contributed by atoms with Gasteiger partial charge >= 0.3 is 0 Å². The Morgan fingerprint density at radius 1 is 1.00 bits per heavy atom. The highest BCUT2D eigenvalue weighted by atomic mass is 35.5. The molecule has 36 heavy (non-hydrogen) atoms. The summed E-state index contributed by atoms with van der Waals surface area (Å²) in [7, 11) is 0. The zero-order chi connectivity index (χ0) is 25.5. The molecule has 3 aromatic rings. The average molecular weight is 523 g/mol. The largest absolute Gasteiger partial charge is 0.490 e. The first-order valence-electron chi connectivity index (χ1n) is 11.2. The number of imide groups is 1. The van der Waals surface area contributed by atoms with Crippen molar-refractivity contribution in [2.75, 3.05) is 18.5 Å². The van der Waals surface area contributed by atoms with E-state index in [-0.39, 0.29) is 30.2 Å². The molecule has 0 radical (unpaired) electrons. The van der Waals surface area contributed by atoms with E-state index in [1.807, 2.05) is 37.3 Å². The highest BCUT2D eigenvalue weighted by Gasteiger charge is 2.35. The molecule has 184 valence electrons. The molecule has 0 atom stereocenters. The van der Waals surface area contributed by atoms with Crippen molar-refractivity contribution in [2.45, 2.75) is 13.5 Å². The van der Waals surface area contributed by atoms with Crippen molar-refractivity contribution < 1.29 is 23.9 Å². The first kappa shape index (κ1) is 25.3. The summed E-state index contributed by atoms with van der Waals surface area (Å²) in [5.74, 6) is 0.110. The number of nitrogens with zero attached hydrogens (tertiary/aromatic N) is 1. The summed E-state index contributed by atoms with van der Waals surface area (Å²) in [5.41, 5.74) is 2.11. The third-order valence-corrected chi connectivity index (χ3v) is 6.23. The van der Waals surface area contributed by atoms with Gasteiger partial charge in [-0.15, -0.1) is 0 Å². The van der Waals surface area contributed by atoms with E-state index >= 15 is 0 Å². The molecule has 3 amide bonds. The molecule has 1 N–H and O–H groups in total. The number of benzene rings is 3. The summed E-state index contributed by atoms with van der Waals surface area (Å²) in [6.07, 6.45) is 1.65. The summed E-state index contributed by atoms with van der Waals surface area (Å²) >= 11 is 6.85. The molecule has 1 aliphatic heterocycles. The van der Waals surface area contributed by atoms with Crippen LogP contribution in [0.1, 0.15) is 18.1 Å². The van der Waals surface area contributed by atoms with E-state index in [1.54, 1.807) is 48.5 Å². The highest BCUT2D eigenvalue weighted by molar-refractivity contribution is 8.18. The van der Waals surface area contributed by atoms with Gasteiger partial charge in [0.05, 0.1) is 18.1 Å². The van der Waals surface area contributed by atoms with Gasteiger partial charge in [0.25, 0.3) is 17.1 Å². The van der Waals surface area contributed by atoms with Crippen molar-refractivity contribution in [1.82, 2.24) is 4.90 Å². The van der Waals surface area contributed by atoms with Crippen LogP contribution >= 0.6 is 23.4 Å². The van der Waals surface area contributed by atoms with Crippen LogP contribution in [0.2, 0.25) is 5.02 Å². The van der Waals surface area contributed by atoms with E-state index in [2.05, 4.69) is 5.32 Å². The van der Waals surface area contributed by atoms with Crippen LogP contribution in [0.15, 0.2) is 77.7 Å². The third-order valence-electron chi connectivity index (χ3n) is 5.09. The van der Waals surface area contributed by atoms with Crippen LogP contribution in [0, 0.1) is 0 Å². The van der Waals surface area contributed by atoms with E-state index in [0.29, 0.717) is 39.3 Å². The fraction of sp³-hybridized carbons (Fsp3) is 0.148. The number of anilines is 1. The minimum absolute atomic E-state index is 0.219. The Labute approximate surface area is 218 Å². The number of halogens is 1.